The van der Waals surface area contributed by atoms with Crippen molar-refractivity contribution in [2.75, 3.05) is 0 Å². The zero-order chi connectivity index (χ0) is 18.1. The van der Waals surface area contributed by atoms with Crippen LogP contribution in [0.1, 0.15) is 11.1 Å². The number of hydrogen-bond donors (Lipinski definition) is 4. The molecule has 0 aliphatic heterocycles. The van der Waals surface area contributed by atoms with Gasteiger partial charge < -0.3 is 26.5 Å². The molecule has 5 nitrogen and oxygen atoms in total. The van der Waals surface area contributed by atoms with Gasteiger partial charge in [-0.05, 0) is 48.7 Å². The molecule has 27 heavy (non-hydrogen) atoms. The Kier molecular flexibility index (Phi) is 9.43. The van der Waals surface area contributed by atoms with Crippen molar-refractivity contribution in [3.63, 3.8) is 0 Å². The summed E-state index contributed by atoms with van der Waals surface area (Å²) >= 11 is 16.9. The number of nitrogens with one attached hydrogen (secondary N) is 2. The van der Waals surface area contributed by atoms with Crippen molar-refractivity contribution in [3.05, 3.63) is 44.3 Å². The van der Waals surface area contributed by atoms with Crippen LogP contribution < -0.4 is 22.1 Å². The lowest BCUT2D eigenvalue weighted by molar-refractivity contribution is 0.652. The minimum absolute atomic E-state index is 0. The smallest absolute Gasteiger partial charge is 0.163 e. The summed E-state index contributed by atoms with van der Waals surface area (Å²) in [5, 5.41) is 8.45. The second-order valence-corrected chi connectivity index (χ2v) is 7.93. The molecule has 0 fully saturated rings. The lowest BCUT2D eigenvalue weighted by atomic mass is 10.1. The van der Waals surface area contributed by atoms with E-state index in [0.717, 1.165) is 42.0 Å². The molecule has 1 heterocycles. The van der Waals surface area contributed by atoms with Crippen molar-refractivity contribution >= 4 is 122 Å². The first kappa shape index (κ1) is 24.6. The molecular weight excluding hydrogens is 648 g/mol. The van der Waals surface area contributed by atoms with Gasteiger partial charge in [0.15, 0.2) is 10.2 Å². The van der Waals surface area contributed by atoms with Gasteiger partial charge in [-0.25, -0.2) is 0 Å². The van der Waals surface area contributed by atoms with Gasteiger partial charge in [0.25, 0.3) is 0 Å². The molecule has 6 N–H and O–H groups in total. The maximum Gasteiger partial charge on any atom is 0.163 e. The minimum Gasteiger partial charge on any atom is -0.455 e. The van der Waals surface area contributed by atoms with Crippen molar-refractivity contribution in [2.45, 2.75) is 13.1 Å². The Morgan fingerprint density at radius 2 is 1.19 bits per heavy atom. The van der Waals surface area contributed by atoms with Gasteiger partial charge in [-0.15, -0.1) is 34.0 Å². The lowest BCUT2D eigenvalue weighted by Crippen LogP contribution is -2.28. The highest BCUT2D eigenvalue weighted by molar-refractivity contribution is 9.10. The van der Waals surface area contributed by atoms with Crippen LogP contribution in [0.2, 0.25) is 0 Å². The number of halogens is 4. The van der Waals surface area contributed by atoms with Crippen molar-refractivity contribution in [3.8, 4) is 0 Å². The zero-order valence-electron chi connectivity index (χ0n) is 13.7. The fraction of sp³-hybridized carbons (Fsp3) is 0.125. The van der Waals surface area contributed by atoms with Gasteiger partial charge >= 0.3 is 0 Å². The summed E-state index contributed by atoms with van der Waals surface area (Å²) in [6, 6.07) is 8.02. The van der Waals surface area contributed by atoms with Crippen LogP contribution >= 0.6 is 90.3 Å². The lowest BCUT2D eigenvalue weighted by Gasteiger charge is -2.07. The monoisotopic (exact) mass is 660 g/mol. The first-order chi connectivity index (χ1) is 11.9. The van der Waals surface area contributed by atoms with Gasteiger partial charge in [-0.3, -0.25) is 0 Å². The maximum atomic E-state index is 6.23. The molecule has 0 unspecified atom stereocenters. The normalized spacial score (nSPS) is 10.1. The summed E-state index contributed by atoms with van der Waals surface area (Å²) in [6.45, 7) is 0.934. The average molecular weight is 664 g/mol. The van der Waals surface area contributed by atoms with Crippen molar-refractivity contribution in [2.24, 2.45) is 11.5 Å². The van der Waals surface area contributed by atoms with Gasteiger partial charge in [0, 0.05) is 43.9 Å². The Labute approximate surface area is 204 Å². The van der Waals surface area contributed by atoms with Crippen LogP contribution in [-0.4, -0.2) is 10.2 Å². The van der Waals surface area contributed by atoms with Crippen molar-refractivity contribution in [1.29, 1.82) is 0 Å². The molecule has 0 atom stereocenters. The molecule has 3 rings (SSSR count). The molecule has 0 aliphatic rings. The van der Waals surface area contributed by atoms with E-state index in [1.54, 1.807) is 0 Å². The molecule has 2 aromatic carbocycles. The third-order valence-electron chi connectivity index (χ3n) is 3.78. The standard InChI is InChI=1S/C16H14Br2N4OS2.2BrH/c17-11-3-1-7-8-2-4-12(18)10(6-22-16(20)25)14(8)23-13(7)9(11)5-21-15(19)24;;/h1-4H,5-6H2,(H3,19,21,24)(H3,20,22,25);2*1H. The molecule has 0 saturated heterocycles. The van der Waals surface area contributed by atoms with Crippen LogP contribution in [0, 0.1) is 0 Å². The molecule has 0 aliphatic carbocycles. The predicted molar refractivity (Wildman–Crippen MR) is 137 cm³/mol. The summed E-state index contributed by atoms with van der Waals surface area (Å²) in [6.07, 6.45) is 0. The van der Waals surface area contributed by atoms with E-state index < -0.39 is 0 Å². The largest absolute Gasteiger partial charge is 0.455 e. The highest BCUT2D eigenvalue weighted by atomic mass is 79.9. The SMILES string of the molecule is Br.Br.NC(=S)NCc1c(Br)ccc2c1oc1c(CNC(N)=S)c(Br)ccc12. The predicted octanol–water partition coefficient (Wildman–Crippen LogP) is 4.93. The first-order valence-corrected chi connectivity index (χ1v) is 9.66. The number of thiocarbonyl (C=S) groups is 2. The molecule has 146 valence electrons. The molecular formula is C16H16Br4N4OS2. The fourth-order valence-electron chi connectivity index (χ4n) is 2.65. The quantitative estimate of drug-likeness (QED) is 0.295. The van der Waals surface area contributed by atoms with Gasteiger partial charge in [0.05, 0.1) is 0 Å². The highest BCUT2D eigenvalue weighted by Gasteiger charge is 2.17. The first-order valence-electron chi connectivity index (χ1n) is 7.26. The van der Waals surface area contributed by atoms with Gasteiger partial charge in [-0.2, -0.15) is 0 Å². The topological polar surface area (TPSA) is 89.2 Å². The second-order valence-electron chi connectivity index (χ2n) is 5.34. The van der Waals surface area contributed by atoms with Crippen LogP contribution in [-0.2, 0) is 13.1 Å². The van der Waals surface area contributed by atoms with E-state index in [0.29, 0.717) is 13.1 Å². The van der Waals surface area contributed by atoms with E-state index in [4.69, 9.17) is 40.3 Å². The maximum absolute atomic E-state index is 6.23. The number of rotatable bonds is 4. The van der Waals surface area contributed by atoms with Crippen LogP contribution in [0.15, 0.2) is 37.6 Å². The summed E-state index contributed by atoms with van der Waals surface area (Å²) in [5.74, 6) is 0. The molecule has 0 bridgehead atoms. The van der Waals surface area contributed by atoms with Gasteiger partial charge in [0.1, 0.15) is 11.2 Å². The zero-order valence-corrected chi connectivity index (χ0v) is 21.9. The Morgan fingerprint density at radius 3 is 1.52 bits per heavy atom. The van der Waals surface area contributed by atoms with E-state index in [2.05, 4.69) is 42.5 Å². The third kappa shape index (κ3) is 5.33. The summed E-state index contributed by atoms with van der Waals surface area (Å²) in [5.41, 5.74) is 14.6. The Hall–Kier alpha value is -0.460. The Morgan fingerprint density at radius 1 is 0.815 bits per heavy atom. The number of fused-ring (bicyclic) bond motifs is 3. The summed E-state index contributed by atoms with van der Waals surface area (Å²) in [4.78, 5) is 0. The van der Waals surface area contributed by atoms with Crippen molar-refractivity contribution < 1.29 is 4.42 Å². The Balaban J connectivity index is 0.00000182. The number of furan rings is 1. The molecule has 1 aromatic heterocycles. The number of nitrogens with two attached hydrogens (primary N) is 2. The summed E-state index contributed by atoms with van der Waals surface area (Å²) < 4.78 is 8.07. The number of hydrogen-bond acceptors (Lipinski definition) is 3. The summed E-state index contributed by atoms with van der Waals surface area (Å²) in [7, 11) is 0. The highest BCUT2D eigenvalue weighted by Crippen LogP contribution is 2.38. The molecule has 11 heteroatoms. The van der Waals surface area contributed by atoms with E-state index in [1.807, 2.05) is 24.3 Å². The third-order valence-corrected chi connectivity index (χ3v) is 5.55. The Bertz CT molecular complexity index is 931. The van der Waals surface area contributed by atoms with Gasteiger partial charge in [-0.1, -0.05) is 31.9 Å². The fourth-order valence-corrected chi connectivity index (χ4v) is 3.70. The van der Waals surface area contributed by atoms with E-state index in [1.165, 1.54) is 0 Å². The van der Waals surface area contributed by atoms with E-state index in [9.17, 15) is 0 Å². The molecule has 3 aromatic rings. The minimum atomic E-state index is 0. The van der Waals surface area contributed by atoms with Crippen LogP contribution in [0.5, 0.6) is 0 Å². The molecule has 0 radical (unpaired) electrons. The average Bonchev–Trinajstić information content (AvgIpc) is 2.91. The van der Waals surface area contributed by atoms with Crippen LogP contribution in [0.3, 0.4) is 0 Å². The second kappa shape index (κ2) is 10.4. The molecule has 0 saturated carbocycles. The number of benzene rings is 2. The van der Waals surface area contributed by atoms with E-state index >= 15 is 0 Å². The molecule has 0 amide bonds. The van der Waals surface area contributed by atoms with Gasteiger partial charge in [0.2, 0.25) is 0 Å². The van der Waals surface area contributed by atoms with Crippen molar-refractivity contribution in [1.82, 2.24) is 10.6 Å². The van der Waals surface area contributed by atoms with Crippen LogP contribution in [0.25, 0.3) is 21.9 Å². The van der Waals surface area contributed by atoms with Crippen LogP contribution in [0.4, 0.5) is 0 Å². The van der Waals surface area contributed by atoms with E-state index in [-0.39, 0.29) is 44.2 Å². The molecule has 0 spiro atoms.